The summed E-state index contributed by atoms with van der Waals surface area (Å²) in [6.45, 7) is 8.01. The molecule has 0 aromatic heterocycles. The minimum Gasteiger partial charge on any atom is -1.00 e. The highest BCUT2D eigenvalue weighted by Gasteiger charge is 2.45. The molecule has 4 heteroatoms. The Morgan fingerprint density at radius 2 is 1.55 bits per heavy atom. The van der Waals surface area contributed by atoms with Gasteiger partial charge in [-0.3, -0.25) is 4.90 Å². The molecule has 1 N–H and O–H groups in total. The zero-order chi connectivity index (χ0) is 19.7. The number of β-amino-alcohol motifs (C(OH)–C–C–N with tert-alkyl or cyclic N) is 1. The number of aliphatic hydroxyl groups is 1. The van der Waals surface area contributed by atoms with E-state index in [4.69, 9.17) is 4.74 Å². The molecule has 4 rings (SSSR count). The van der Waals surface area contributed by atoms with Gasteiger partial charge in [-0.1, -0.05) is 60.7 Å². The van der Waals surface area contributed by atoms with E-state index in [1.165, 1.54) is 12.8 Å². The minimum absolute atomic E-state index is 0. The van der Waals surface area contributed by atoms with Crippen molar-refractivity contribution in [3.63, 3.8) is 0 Å². The van der Waals surface area contributed by atoms with Gasteiger partial charge < -0.3 is 22.3 Å². The molecule has 2 aliphatic rings. The largest absolute Gasteiger partial charge is 1.00 e. The predicted molar refractivity (Wildman–Crippen MR) is 113 cm³/mol. The molecule has 1 atom stereocenters. The number of halogens is 1. The van der Waals surface area contributed by atoms with E-state index in [0.717, 1.165) is 43.7 Å². The first-order chi connectivity index (χ1) is 13.4. The Balaban J connectivity index is 0.00000240. The van der Waals surface area contributed by atoms with Gasteiger partial charge in [-0.15, -0.1) is 0 Å². The molecule has 2 heterocycles. The monoisotopic (exact) mass is 414 g/mol. The van der Waals surface area contributed by atoms with Crippen LogP contribution in [0.15, 0.2) is 60.7 Å². The fraction of sp³-hybridized carbons (Fsp3) is 0.520. The zero-order valence-electron chi connectivity index (χ0n) is 17.6. The number of hydrogen-bond acceptors (Lipinski definition) is 3. The molecule has 1 spiro atoms. The van der Waals surface area contributed by atoms with Crippen LogP contribution in [0.5, 0.6) is 0 Å². The van der Waals surface area contributed by atoms with Crippen LogP contribution in [0.3, 0.4) is 0 Å². The first-order valence-electron chi connectivity index (χ1n) is 10.6. The average molecular weight is 415 g/mol. The van der Waals surface area contributed by atoms with Crippen LogP contribution in [-0.4, -0.2) is 41.8 Å². The predicted octanol–water partition coefficient (Wildman–Crippen LogP) is 1.60. The molecular weight excluding hydrogens is 382 g/mol. The highest BCUT2D eigenvalue weighted by Crippen LogP contribution is 2.45. The molecule has 1 unspecified atom stereocenters. The van der Waals surface area contributed by atoms with Gasteiger partial charge in [0.25, 0.3) is 0 Å². The highest BCUT2D eigenvalue weighted by atomic mass is 35.5. The second-order valence-corrected chi connectivity index (χ2v) is 9.44. The first-order valence-corrected chi connectivity index (χ1v) is 10.6. The molecule has 2 saturated heterocycles. The summed E-state index contributed by atoms with van der Waals surface area (Å²) in [5, 5.41) is 11.9. The summed E-state index contributed by atoms with van der Waals surface area (Å²) in [7, 11) is 0. The Morgan fingerprint density at radius 1 is 0.966 bits per heavy atom. The number of hydrogen-bond donors (Lipinski definition) is 1. The topological polar surface area (TPSA) is 32.7 Å². The van der Waals surface area contributed by atoms with E-state index in [1.807, 2.05) is 60.7 Å². The SMILES string of the molecule is CC1(C)CC2(CCCN(CC(O)(c3ccccc3)c3ccccc3)C2)CCO1.[Cl-]. The van der Waals surface area contributed by atoms with Gasteiger partial charge in [0.2, 0.25) is 0 Å². The lowest BCUT2D eigenvalue weighted by molar-refractivity contribution is -0.126. The van der Waals surface area contributed by atoms with Gasteiger partial charge >= 0.3 is 0 Å². The Labute approximate surface area is 181 Å². The van der Waals surface area contributed by atoms with E-state index in [0.29, 0.717) is 12.0 Å². The molecule has 2 aromatic carbocycles. The lowest BCUT2D eigenvalue weighted by Gasteiger charge is -2.51. The standard InChI is InChI=1S/C25H33NO2.ClH/c1-23(2)18-24(15-17-28-23)14-9-16-26(19-24)20-25(27,21-10-5-3-6-11-21)22-12-7-4-8-13-22;/h3-8,10-13,27H,9,14-20H2,1-2H3;1H/p-1. The van der Waals surface area contributed by atoms with Crippen LogP contribution in [0.4, 0.5) is 0 Å². The number of piperidine rings is 1. The third kappa shape index (κ3) is 4.86. The molecule has 0 radical (unpaired) electrons. The molecule has 158 valence electrons. The Hall–Kier alpha value is -1.39. The first kappa shape index (κ1) is 22.3. The van der Waals surface area contributed by atoms with Gasteiger partial charge in [-0.25, -0.2) is 0 Å². The number of rotatable bonds is 4. The fourth-order valence-corrected chi connectivity index (χ4v) is 5.48. The van der Waals surface area contributed by atoms with E-state index in [9.17, 15) is 5.11 Å². The van der Waals surface area contributed by atoms with E-state index in [-0.39, 0.29) is 18.0 Å². The van der Waals surface area contributed by atoms with E-state index >= 15 is 0 Å². The van der Waals surface area contributed by atoms with Crippen molar-refractivity contribution in [1.29, 1.82) is 0 Å². The van der Waals surface area contributed by atoms with Gasteiger partial charge in [-0.05, 0) is 62.6 Å². The van der Waals surface area contributed by atoms with Crippen molar-refractivity contribution < 1.29 is 22.3 Å². The molecule has 0 saturated carbocycles. The molecule has 0 amide bonds. The molecule has 0 bridgehead atoms. The second kappa shape index (κ2) is 8.77. The highest BCUT2D eigenvalue weighted by molar-refractivity contribution is 5.36. The maximum absolute atomic E-state index is 11.9. The van der Waals surface area contributed by atoms with Gasteiger partial charge in [0.1, 0.15) is 5.60 Å². The fourth-order valence-electron chi connectivity index (χ4n) is 5.48. The number of benzene rings is 2. The van der Waals surface area contributed by atoms with Crippen LogP contribution in [0.1, 0.15) is 50.7 Å². The van der Waals surface area contributed by atoms with Crippen molar-refractivity contribution in [1.82, 2.24) is 4.90 Å². The Morgan fingerprint density at radius 3 is 2.10 bits per heavy atom. The number of likely N-dealkylation sites (tertiary alicyclic amines) is 1. The maximum atomic E-state index is 11.9. The second-order valence-electron chi connectivity index (χ2n) is 9.44. The summed E-state index contributed by atoms with van der Waals surface area (Å²) in [6, 6.07) is 20.3. The molecule has 0 aliphatic carbocycles. The summed E-state index contributed by atoms with van der Waals surface area (Å²) in [4.78, 5) is 2.49. The Kier molecular flexibility index (Phi) is 6.74. The Bertz CT molecular complexity index is 736. The third-order valence-electron chi connectivity index (χ3n) is 6.62. The van der Waals surface area contributed by atoms with Gasteiger partial charge in [0.05, 0.1) is 5.60 Å². The summed E-state index contributed by atoms with van der Waals surface area (Å²) < 4.78 is 6.00. The average Bonchev–Trinajstić information content (AvgIpc) is 2.68. The number of nitrogens with zero attached hydrogens (tertiary/aromatic N) is 1. The van der Waals surface area contributed by atoms with Crippen molar-refractivity contribution in [3.05, 3.63) is 71.8 Å². The van der Waals surface area contributed by atoms with E-state index < -0.39 is 5.60 Å². The summed E-state index contributed by atoms with van der Waals surface area (Å²) in [5.41, 5.74) is 1.20. The van der Waals surface area contributed by atoms with Crippen molar-refractivity contribution in [2.24, 2.45) is 5.41 Å². The number of ether oxygens (including phenoxy) is 1. The normalized spacial score (nSPS) is 24.8. The van der Waals surface area contributed by atoms with Crippen LogP contribution in [0.2, 0.25) is 0 Å². The smallest absolute Gasteiger partial charge is 0.127 e. The van der Waals surface area contributed by atoms with Crippen LogP contribution in [0.25, 0.3) is 0 Å². The van der Waals surface area contributed by atoms with Gasteiger partial charge in [-0.2, -0.15) is 0 Å². The zero-order valence-corrected chi connectivity index (χ0v) is 18.4. The molecule has 2 aliphatic heterocycles. The maximum Gasteiger partial charge on any atom is 0.127 e. The van der Waals surface area contributed by atoms with Crippen LogP contribution < -0.4 is 12.4 Å². The summed E-state index contributed by atoms with van der Waals surface area (Å²) in [5.74, 6) is 0. The minimum atomic E-state index is -0.998. The van der Waals surface area contributed by atoms with Crippen LogP contribution in [0, 0.1) is 5.41 Å². The molecule has 2 fully saturated rings. The van der Waals surface area contributed by atoms with Crippen molar-refractivity contribution >= 4 is 0 Å². The molecule has 29 heavy (non-hydrogen) atoms. The molecular formula is C25H33ClNO2-. The van der Waals surface area contributed by atoms with Crippen LogP contribution >= 0.6 is 0 Å². The summed E-state index contributed by atoms with van der Waals surface area (Å²) >= 11 is 0. The van der Waals surface area contributed by atoms with E-state index in [1.54, 1.807) is 0 Å². The lowest BCUT2D eigenvalue weighted by atomic mass is 9.69. The van der Waals surface area contributed by atoms with Gasteiger partial charge in [0.15, 0.2) is 0 Å². The van der Waals surface area contributed by atoms with Crippen LogP contribution in [-0.2, 0) is 10.3 Å². The van der Waals surface area contributed by atoms with Crippen molar-refractivity contribution in [2.75, 3.05) is 26.2 Å². The molecule has 2 aromatic rings. The van der Waals surface area contributed by atoms with E-state index in [2.05, 4.69) is 18.7 Å². The quantitative estimate of drug-likeness (QED) is 0.824. The third-order valence-corrected chi connectivity index (χ3v) is 6.62. The molecule has 3 nitrogen and oxygen atoms in total. The van der Waals surface area contributed by atoms with Crippen molar-refractivity contribution in [2.45, 2.75) is 50.7 Å². The van der Waals surface area contributed by atoms with Gasteiger partial charge in [0, 0.05) is 19.7 Å². The summed E-state index contributed by atoms with van der Waals surface area (Å²) in [6.07, 6.45) is 4.69. The van der Waals surface area contributed by atoms with Crippen molar-refractivity contribution in [3.8, 4) is 0 Å². The lowest BCUT2D eigenvalue weighted by Crippen LogP contribution is -3.00.